The lowest BCUT2D eigenvalue weighted by Crippen LogP contribution is -2.36. The standard InChI is InChI=1S/C17H20N2O4S/c1-2-8-23-16-5-3-13(4-6-16)10-14(11-18)17(20)19-15-7-9-24(21,22)12-15/h3-6,10,15H,2,7-9,12H2,1H3,(H,19,20). The molecule has 1 heterocycles. The van der Waals surface area contributed by atoms with E-state index in [-0.39, 0.29) is 17.1 Å². The van der Waals surface area contributed by atoms with Crippen LogP contribution in [0.2, 0.25) is 0 Å². The number of nitrogens with one attached hydrogen (secondary N) is 1. The van der Waals surface area contributed by atoms with Gasteiger partial charge in [-0.2, -0.15) is 5.26 Å². The first-order chi connectivity index (χ1) is 11.4. The Morgan fingerprint density at radius 3 is 2.67 bits per heavy atom. The van der Waals surface area contributed by atoms with Gasteiger partial charge in [0.25, 0.3) is 5.91 Å². The lowest BCUT2D eigenvalue weighted by molar-refractivity contribution is -0.117. The van der Waals surface area contributed by atoms with E-state index in [1.165, 1.54) is 6.08 Å². The van der Waals surface area contributed by atoms with Gasteiger partial charge in [-0.25, -0.2) is 8.42 Å². The lowest BCUT2D eigenvalue weighted by Gasteiger charge is -2.10. The quantitative estimate of drug-likeness (QED) is 0.623. The first kappa shape index (κ1) is 18.0. The summed E-state index contributed by atoms with van der Waals surface area (Å²) in [7, 11) is -3.08. The molecule has 0 bridgehead atoms. The van der Waals surface area contributed by atoms with Crippen LogP contribution in [0, 0.1) is 11.3 Å². The van der Waals surface area contributed by atoms with Crippen LogP contribution in [0.5, 0.6) is 5.75 Å². The third-order valence-corrected chi connectivity index (χ3v) is 5.36. The van der Waals surface area contributed by atoms with Crippen molar-refractivity contribution in [1.82, 2.24) is 5.32 Å². The van der Waals surface area contributed by atoms with Crippen LogP contribution in [0.15, 0.2) is 29.8 Å². The Morgan fingerprint density at radius 1 is 1.42 bits per heavy atom. The summed E-state index contributed by atoms with van der Waals surface area (Å²) in [5.74, 6) is 0.183. The zero-order valence-electron chi connectivity index (χ0n) is 13.5. The first-order valence-electron chi connectivity index (χ1n) is 7.79. The predicted molar refractivity (Wildman–Crippen MR) is 91.0 cm³/mol. The first-order valence-corrected chi connectivity index (χ1v) is 9.61. The summed E-state index contributed by atoms with van der Waals surface area (Å²) >= 11 is 0. The molecule has 128 valence electrons. The molecule has 1 aliphatic rings. The van der Waals surface area contributed by atoms with E-state index in [0.29, 0.717) is 18.6 Å². The minimum atomic E-state index is -3.08. The van der Waals surface area contributed by atoms with Gasteiger partial charge in [-0.15, -0.1) is 0 Å². The van der Waals surface area contributed by atoms with Gasteiger partial charge in [-0.05, 0) is 36.6 Å². The van der Waals surface area contributed by atoms with E-state index in [4.69, 9.17) is 4.74 Å². The molecule has 1 fully saturated rings. The molecule has 1 atom stereocenters. The number of carbonyl (C=O) groups excluding carboxylic acids is 1. The Kier molecular flexibility index (Phi) is 5.99. The second-order valence-electron chi connectivity index (χ2n) is 5.66. The molecule has 0 spiro atoms. The molecule has 1 N–H and O–H groups in total. The summed E-state index contributed by atoms with van der Waals surface area (Å²) < 4.78 is 28.3. The van der Waals surface area contributed by atoms with Gasteiger partial charge < -0.3 is 10.1 Å². The molecular formula is C17H20N2O4S. The molecule has 24 heavy (non-hydrogen) atoms. The molecule has 7 heteroatoms. The van der Waals surface area contributed by atoms with Gasteiger partial charge in [-0.1, -0.05) is 19.1 Å². The number of benzene rings is 1. The molecular weight excluding hydrogens is 328 g/mol. The van der Waals surface area contributed by atoms with Crippen LogP contribution in [-0.2, 0) is 14.6 Å². The lowest BCUT2D eigenvalue weighted by atomic mass is 10.1. The second kappa shape index (κ2) is 7.97. The van der Waals surface area contributed by atoms with Gasteiger partial charge in [0.2, 0.25) is 0 Å². The maximum absolute atomic E-state index is 12.1. The molecule has 0 saturated carbocycles. The van der Waals surface area contributed by atoms with E-state index in [1.54, 1.807) is 24.3 Å². The summed E-state index contributed by atoms with van der Waals surface area (Å²) in [6.45, 7) is 2.65. The summed E-state index contributed by atoms with van der Waals surface area (Å²) in [5, 5.41) is 11.8. The molecule has 0 radical (unpaired) electrons. The van der Waals surface area contributed by atoms with Crippen molar-refractivity contribution in [1.29, 1.82) is 5.26 Å². The van der Waals surface area contributed by atoms with Crippen molar-refractivity contribution in [2.24, 2.45) is 0 Å². The van der Waals surface area contributed by atoms with Crippen molar-refractivity contribution in [2.75, 3.05) is 18.1 Å². The third kappa shape index (κ3) is 5.10. The smallest absolute Gasteiger partial charge is 0.262 e. The Balaban J connectivity index is 2.03. The summed E-state index contributed by atoms with van der Waals surface area (Å²) in [4.78, 5) is 12.1. The van der Waals surface area contributed by atoms with Gasteiger partial charge in [0.1, 0.15) is 17.4 Å². The van der Waals surface area contributed by atoms with E-state index in [9.17, 15) is 18.5 Å². The van der Waals surface area contributed by atoms with E-state index in [1.807, 2.05) is 13.0 Å². The molecule has 0 aliphatic carbocycles. The highest BCUT2D eigenvalue weighted by molar-refractivity contribution is 7.91. The van der Waals surface area contributed by atoms with Crippen LogP contribution in [-0.4, -0.2) is 38.5 Å². The van der Waals surface area contributed by atoms with Crippen molar-refractivity contribution in [2.45, 2.75) is 25.8 Å². The monoisotopic (exact) mass is 348 g/mol. The highest BCUT2D eigenvalue weighted by Gasteiger charge is 2.29. The minimum Gasteiger partial charge on any atom is -0.494 e. The van der Waals surface area contributed by atoms with Gasteiger partial charge in [0.15, 0.2) is 9.84 Å². The summed E-state index contributed by atoms with van der Waals surface area (Å²) in [6.07, 6.45) is 2.77. The summed E-state index contributed by atoms with van der Waals surface area (Å²) in [6, 6.07) is 8.51. The number of hydrogen-bond acceptors (Lipinski definition) is 5. The Bertz CT molecular complexity index is 761. The van der Waals surface area contributed by atoms with E-state index in [2.05, 4.69) is 5.32 Å². The van der Waals surface area contributed by atoms with Gasteiger partial charge >= 0.3 is 0 Å². The number of carbonyl (C=O) groups is 1. The number of rotatable bonds is 6. The highest BCUT2D eigenvalue weighted by Crippen LogP contribution is 2.16. The zero-order chi connectivity index (χ0) is 17.6. The largest absolute Gasteiger partial charge is 0.494 e. The molecule has 1 saturated heterocycles. The molecule has 1 aliphatic heterocycles. The van der Waals surface area contributed by atoms with Crippen LogP contribution < -0.4 is 10.1 Å². The fourth-order valence-corrected chi connectivity index (χ4v) is 4.04. The third-order valence-electron chi connectivity index (χ3n) is 3.60. The Labute approximate surface area is 142 Å². The Morgan fingerprint density at radius 2 is 2.12 bits per heavy atom. The molecule has 2 rings (SSSR count). The van der Waals surface area contributed by atoms with Crippen LogP contribution >= 0.6 is 0 Å². The average molecular weight is 348 g/mol. The zero-order valence-corrected chi connectivity index (χ0v) is 14.3. The van der Waals surface area contributed by atoms with Crippen molar-refractivity contribution >= 4 is 21.8 Å². The molecule has 1 aromatic rings. The minimum absolute atomic E-state index is 0.0541. The molecule has 1 unspecified atom stereocenters. The maximum atomic E-state index is 12.1. The number of ether oxygens (including phenoxy) is 1. The van der Waals surface area contributed by atoms with Crippen molar-refractivity contribution in [3.63, 3.8) is 0 Å². The van der Waals surface area contributed by atoms with E-state index in [0.717, 1.165) is 12.2 Å². The van der Waals surface area contributed by atoms with Crippen molar-refractivity contribution in [3.8, 4) is 11.8 Å². The molecule has 1 amide bonds. The van der Waals surface area contributed by atoms with Crippen LogP contribution in [0.3, 0.4) is 0 Å². The molecule has 6 nitrogen and oxygen atoms in total. The number of hydrogen-bond donors (Lipinski definition) is 1. The van der Waals surface area contributed by atoms with E-state index >= 15 is 0 Å². The number of sulfone groups is 1. The topological polar surface area (TPSA) is 96.3 Å². The van der Waals surface area contributed by atoms with Gasteiger partial charge in [-0.3, -0.25) is 4.79 Å². The van der Waals surface area contributed by atoms with Crippen molar-refractivity contribution < 1.29 is 17.9 Å². The predicted octanol–water partition coefficient (Wildman–Crippen LogP) is 1.69. The van der Waals surface area contributed by atoms with Crippen LogP contribution in [0.4, 0.5) is 0 Å². The molecule has 1 aromatic carbocycles. The molecule has 0 aromatic heterocycles. The normalized spacial score (nSPS) is 19.5. The van der Waals surface area contributed by atoms with Gasteiger partial charge in [0.05, 0.1) is 18.1 Å². The Hall–Kier alpha value is -2.33. The fraction of sp³-hybridized carbons (Fsp3) is 0.412. The average Bonchev–Trinajstić information content (AvgIpc) is 2.90. The van der Waals surface area contributed by atoms with Gasteiger partial charge in [0, 0.05) is 6.04 Å². The number of amides is 1. The fourth-order valence-electron chi connectivity index (χ4n) is 2.37. The van der Waals surface area contributed by atoms with Crippen LogP contribution in [0.25, 0.3) is 6.08 Å². The number of nitriles is 1. The second-order valence-corrected chi connectivity index (χ2v) is 7.89. The summed E-state index contributed by atoms with van der Waals surface area (Å²) in [5.41, 5.74) is 0.645. The highest BCUT2D eigenvalue weighted by atomic mass is 32.2. The van der Waals surface area contributed by atoms with Crippen molar-refractivity contribution in [3.05, 3.63) is 35.4 Å². The number of nitrogens with zero attached hydrogens (tertiary/aromatic N) is 1. The van der Waals surface area contributed by atoms with Crippen LogP contribution in [0.1, 0.15) is 25.3 Å². The SMILES string of the molecule is CCCOc1ccc(C=C(C#N)C(=O)NC2CCS(=O)(=O)C2)cc1. The maximum Gasteiger partial charge on any atom is 0.262 e. The van der Waals surface area contributed by atoms with E-state index < -0.39 is 21.8 Å².